The van der Waals surface area contributed by atoms with E-state index in [4.69, 9.17) is 14.2 Å². The number of esters is 2. The zero-order chi connectivity index (χ0) is 17.1. The Morgan fingerprint density at radius 3 is 2.75 bits per heavy atom. The number of cyclic esters (lactones) is 1. The number of thiazole rings is 1. The molecule has 1 atom stereocenters. The summed E-state index contributed by atoms with van der Waals surface area (Å²) in [4.78, 5) is 28.3. The van der Waals surface area contributed by atoms with Gasteiger partial charge >= 0.3 is 11.9 Å². The monoisotopic (exact) mass is 347 g/mol. The van der Waals surface area contributed by atoms with E-state index < -0.39 is 18.0 Å². The number of aromatic nitrogens is 1. The molecule has 0 N–H and O–H groups in total. The van der Waals surface area contributed by atoms with Crippen molar-refractivity contribution in [2.75, 3.05) is 6.61 Å². The fourth-order valence-electron chi connectivity index (χ4n) is 2.25. The zero-order valence-electron chi connectivity index (χ0n) is 13.4. The van der Waals surface area contributed by atoms with Crippen LogP contribution in [0.2, 0.25) is 0 Å². The van der Waals surface area contributed by atoms with Crippen LogP contribution in [-0.4, -0.2) is 29.6 Å². The van der Waals surface area contributed by atoms with Crippen LogP contribution in [0.15, 0.2) is 24.3 Å². The van der Waals surface area contributed by atoms with Gasteiger partial charge in [0, 0.05) is 6.42 Å². The van der Waals surface area contributed by atoms with Crippen molar-refractivity contribution in [1.29, 1.82) is 0 Å². The van der Waals surface area contributed by atoms with Crippen LogP contribution in [0.5, 0.6) is 5.75 Å². The number of carbonyl (C=O) groups excluding carboxylic acids is 2. The van der Waals surface area contributed by atoms with Crippen LogP contribution in [0.25, 0.3) is 0 Å². The molecule has 1 aromatic carbocycles. The van der Waals surface area contributed by atoms with Crippen LogP contribution >= 0.6 is 11.3 Å². The highest BCUT2D eigenvalue weighted by molar-refractivity contribution is 7.13. The summed E-state index contributed by atoms with van der Waals surface area (Å²) in [5.41, 5.74) is 1.72. The predicted octanol–water partition coefficient (Wildman–Crippen LogP) is 2.81. The van der Waals surface area contributed by atoms with Gasteiger partial charge in [0.25, 0.3) is 0 Å². The average molecular weight is 347 g/mol. The summed E-state index contributed by atoms with van der Waals surface area (Å²) in [7, 11) is 0. The molecule has 0 bridgehead atoms. The number of benzene rings is 1. The van der Waals surface area contributed by atoms with Gasteiger partial charge in [0.2, 0.25) is 6.10 Å². The number of carbonyl (C=O) groups is 2. The Bertz CT molecular complexity index is 753. The van der Waals surface area contributed by atoms with E-state index >= 15 is 0 Å². The highest BCUT2D eigenvalue weighted by atomic mass is 32.1. The van der Waals surface area contributed by atoms with Gasteiger partial charge in [-0.3, -0.25) is 0 Å². The third-order valence-corrected chi connectivity index (χ3v) is 4.66. The topological polar surface area (TPSA) is 74.7 Å². The van der Waals surface area contributed by atoms with Gasteiger partial charge in [-0.2, -0.15) is 0 Å². The summed E-state index contributed by atoms with van der Waals surface area (Å²) in [5, 5.41) is 0.675. The lowest BCUT2D eigenvalue weighted by Crippen LogP contribution is -2.22. The van der Waals surface area contributed by atoms with Crippen molar-refractivity contribution in [2.24, 2.45) is 0 Å². The molecule has 1 aliphatic rings. The van der Waals surface area contributed by atoms with Crippen LogP contribution in [0.3, 0.4) is 0 Å². The van der Waals surface area contributed by atoms with Crippen molar-refractivity contribution in [1.82, 2.24) is 4.98 Å². The molecule has 3 rings (SSSR count). The minimum absolute atomic E-state index is 0.271. The van der Waals surface area contributed by atoms with Gasteiger partial charge < -0.3 is 14.2 Å². The Balaban J connectivity index is 1.62. The van der Waals surface area contributed by atoms with Crippen molar-refractivity contribution < 1.29 is 23.8 Å². The summed E-state index contributed by atoms with van der Waals surface area (Å²) in [6.45, 7) is 4.29. The number of rotatable bonds is 5. The second kappa shape index (κ2) is 7.00. The number of aryl methyl sites for hydroxylation is 2. The van der Waals surface area contributed by atoms with E-state index in [1.807, 2.05) is 31.2 Å². The van der Waals surface area contributed by atoms with E-state index in [9.17, 15) is 9.59 Å². The zero-order valence-corrected chi connectivity index (χ0v) is 14.2. The summed E-state index contributed by atoms with van der Waals surface area (Å²) in [6, 6.07) is 7.70. The molecule has 0 amide bonds. The van der Waals surface area contributed by atoms with E-state index in [1.165, 1.54) is 11.3 Å². The molecule has 126 valence electrons. The fraction of sp³-hybridized carbons (Fsp3) is 0.353. The van der Waals surface area contributed by atoms with Gasteiger partial charge in [-0.05, 0) is 26.0 Å². The van der Waals surface area contributed by atoms with Gasteiger partial charge in [0.15, 0.2) is 0 Å². The average Bonchev–Trinajstić information content (AvgIpc) is 3.13. The number of ether oxygens (including phenoxy) is 3. The molecule has 2 heterocycles. The number of hydrogen-bond acceptors (Lipinski definition) is 7. The van der Waals surface area contributed by atoms with Gasteiger partial charge in [0.05, 0.1) is 12.3 Å². The molecule has 1 aliphatic heterocycles. The minimum atomic E-state index is -0.814. The van der Waals surface area contributed by atoms with E-state index in [2.05, 4.69) is 4.98 Å². The van der Waals surface area contributed by atoms with Gasteiger partial charge in [-0.1, -0.05) is 17.7 Å². The maximum Gasteiger partial charge on any atom is 0.351 e. The lowest BCUT2D eigenvalue weighted by Gasteiger charge is -2.06. The molecule has 1 unspecified atom stereocenters. The molecular weight excluding hydrogens is 330 g/mol. The van der Waals surface area contributed by atoms with Gasteiger partial charge in [-0.25, -0.2) is 14.6 Å². The van der Waals surface area contributed by atoms with Crippen LogP contribution in [-0.2, 0) is 20.9 Å². The Kier molecular flexibility index (Phi) is 4.80. The van der Waals surface area contributed by atoms with Crippen molar-refractivity contribution in [2.45, 2.75) is 33.0 Å². The normalized spacial score (nSPS) is 16.8. The molecule has 24 heavy (non-hydrogen) atoms. The van der Waals surface area contributed by atoms with Gasteiger partial charge in [-0.15, -0.1) is 11.3 Å². The largest absolute Gasteiger partial charge is 0.486 e. The summed E-state index contributed by atoms with van der Waals surface area (Å²) >= 11 is 1.21. The first kappa shape index (κ1) is 16.4. The van der Waals surface area contributed by atoms with Crippen molar-refractivity contribution >= 4 is 23.3 Å². The molecule has 1 fully saturated rings. The van der Waals surface area contributed by atoms with Crippen LogP contribution < -0.4 is 4.74 Å². The molecule has 6 nitrogen and oxygen atoms in total. The first-order valence-corrected chi connectivity index (χ1v) is 8.38. The molecule has 0 aliphatic carbocycles. The lowest BCUT2D eigenvalue weighted by atomic mass is 10.2. The highest BCUT2D eigenvalue weighted by Crippen LogP contribution is 2.23. The van der Waals surface area contributed by atoms with Crippen LogP contribution in [0.1, 0.15) is 32.4 Å². The van der Waals surface area contributed by atoms with E-state index in [1.54, 1.807) is 6.92 Å². The smallest absolute Gasteiger partial charge is 0.351 e. The maximum absolute atomic E-state index is 12.2. The van der Waals surface area contributed by atoms with E-state index in [0.717, 1.165) is 11.3 Å². The molecule has 0 radical (unpaired) electrons. The number of nitrogens with zero attached hydrogens (tertiary/aromatic N) is 1. The van der Waals surface area contributed by atoms with Gasteiger partial charge in [0.1, 0.15) is 22.2 Å². The van der Waals surface area contributed by atoms with Crippen molar-refractivity contribution in [3.8, 4) is 5.75 Å². The Morgan fingerprint density at radius 2 is 2.08 bits per heavy atom. The SMILES string of the molecule is Cc1ccc(OCc2nc(C)c(C(=O)OC3CCOC3=O)s2)cc1. The van der Waals surface area contributed by atoms with Crippen LogP contribution in [0.4, 0.5) is 0 Å². The Morgan fingerprint density at radius 1 is 1.33 bits per heavy atom. The maximum atomic E-state index is 12.2. The Labute approximate surface area is 143 Å². The first-order valence-electron chi connectivity index (χ1n) is 7.56. The van der Waals surface area contributed by atoms with Crippen molar-refractivity contribution in [3.05, 3.63) is 45.4 Å². The lowest BCUT2D eigenvalue weighted by molar-refractivity contribution is -0.145. The summed E-state index contributed by atoms with van der Waals surface area (Å²) in [6.07, 6.45) is -0.419. The molecule has 1 saturated heterocycles. The third kappa shape index (κ3) is 3.73. The minimum Gasteiger partial charge on any atom is -0.486 e. The molecule has 2 aromatic rings. The highest BCUT2D eigenvalue weighted by Gasteiger charge is 2.31. The quantitative estimate of drug-likeness (QED) is 0.774. The number of hydrogen-bond donors (Lipinski definition) is 0. The third-order valence-electron chi connectivity index (χ3n) is 3.55. The molecule has 7 heteroatoms. The van der Waals surface area contributed by atoms with E-state index in [0.29, 0.717) is 22.0 Å². The second-order valence-corrected chi connectivity index (χ2v) is 6.56. The van der Waals surface area contributed by atoms with Crippen molar-refractivity contribution in [3.63, 3.8) is 0 Å². The second-order valence-electron chi connectivity index (χ2n) is 5.47. The first-order chi connectivity index (χ1) is 11.5. The predicted molar refractivity (Wildman–Crippen MR) is 87.1 cm³/mol. The standard InChI is InChI=1S/C17H17NO5S/c1-10-3-5-12(6-4-10)22-9-14-18-11(2)15(24-14)17(20)23-13-7-8-21-16(13)19/h3-6,13H,7-9H2,1-2H3. The molecule has 0 spiro atoms. The fourth-order valence-corrected chi connectivity index (χ4v) is 3.11. The summed E-state index contributed by atoms with van der Waals surface area (Å²) < 4.78 is 15.6. The summed E-state index contributed by atoms with van der Waals surface area (Å²) in [5.74, 6) is -0.296. The molecule has 0 saturated carbocycles. The molecule has 1 aromatic heterocycles. The van der Waals surface area contributed by atoms with E-state index in [-0.39, 0.29) is 13.2 Å². The molecular formula is C17H17NO5S. The Hall–Kier alpha value is -2.41. The van der Waals surface area contributed by atoms with Crippen LogP contribution in [0, 0.1) is 13.8 Å².